The molecule has 0 saturated carbocycles. The van der Waals surface area contributed by atoms with Gasteiger partial charge in [0.1, 0.15) is 11.0 Å². The molecule has 3 rings (SSSR count). The molecular weight excluding hydrogens is 378 g/mol. The first kappa shape index (κ1) is 20.3. The summed E-state index contributed by atoms with van der Waals surface area (Å²) in [6.07, 6.45) is 3.80. The highest BCUT2D eigenvalue weighted by molar-refractivity contribution is 7.11. The Kier molecular flexibility index (Phi) is 6.99. The van der Waals surface area contributed by atoms with Crippen LogP contribution in [0.5, 0.6) is 0 Å². The molecular formula is C18H27N7O2S. The van der Waals surface area contributed by atoms with E-state index in [0.717, 1.165) is 30.3 Å². The number of nitrogens with one attached hydrogen (secondary N) is 2. The van der Waals surface area contributed by atoms with Gasteiger partial charge in [-0.2, -0.15) is 5.10 Å². The Bertz CT molecular complexity index is 816. The van der Waals surface area contributed by atoms with Crippen LogP contribution in [0.3, 0.4) is 0 Å². The number of ether oxygens (including phenoxy) is 1. The molecule has 152 valence electrons. The summed E-state index contributed by atoms with van der Waals surface area (Å²) < 4.78 is 7.69. The monoisotopic (exact) mass is 405 g/mol. The molecule has 3 heterocycles. The van der Waals surface area contributed by atoms with Crippen molar-refractivity contribution in [3.63, 3.8) is 0 Å². The fourth-order valence-corrected chi connectivity index (χ4v) is 3.73. The van der Waals surface area contributed by atoms with E-state index in [1.54, 1.807) is 10.2 Å². The molecule has 1 aliphatic heterocycles. The summed E-state index contributed by atoms with van der Waals surface area (Å²) in [5.41, 5.74) is 3.51. The molecule has 1 fully saturated rings. The number of carbonyl (C=O) groups is 1. The van der Waals surface area contributed by atoms with Crippen molar-refractivity contribution >= 4 is 23.2 Å². The molecule has 0 aromatic carbocycles. The number of hydrogen-bond donors (Lipinski definition) is 2. The van der Waals surface area contributed by atoms with E-state index in [9.17, 15) is 4.79 Å². The Balaban J connectivity index is 1.55. The van der Waals surface area contributed by atoms with Gasteiger partial charge in [0.05, 0.1) is 37.1 Å². The SMILES string of the molecule is CCNC(=NCCNC(=O)c1scnc1C)N1CCOC(c2cnn(C)c2)C1. The fraction of sp³-hybridized carbons (Fsp3) is 0.556. The lowest BCUT2D eigenvalue weighted by Crippen LogP contribution is -2.48. The Labute approximate surface area is 168 Å². The minimum Gasteiger partial charge on any atom is -0.370 e. The lowest BCUT2D eigenvalue weighted by Gasteiger charge is -2.34. The van der Waals surface area contributed by atoms with E-state index >= 15 is 0 Å². The number of aromatic nitrogens is 3. The summed E-state index contributed by atoms with van der Waals surface area (Å²) in [7, 11) is 1.90. The smallest absolute Gasteiger partial charge is 0.263 e. The maximum atomic E-state index is 12.2. The van der Waals surface area contributed by atoms with Gasteiger partial charge in [-0.25, -0.2) is 4.98 Å². The number of hydrogen-bond acceptors (Lipinski definition) is 6. The van der Waals surface area contributed by atoms with Gasteiger partial charge < -0.3 is 20.3 Å². The van der Waals surface area contributed by atoms with Gasteiger partial charge in [0, 0.05) is 38.4 Å². The molecule has 0 aliphatic carbocycles. The van der Waals surface area contributed by atoms with Gasteiger partial charge in [-0.05, 0) is 13.8 Å². The summed E-state index contributed by atoms with van der Waals surface area (Å²) in [6, 6.07) is 0. The number of carbonyl (C=O) groups excluding carboxylic acids is 1. The quantitative estimate of drug-likeness (QED) is 0.422. The number of guanidine groups is 1. The van der Waals surface area contributed by atoms with E-state index in [-0.39, 0.29) is 12.0 Å². The van der Waals surface area contributed by atoms with Crippen molar-refractivity contribution < 1.29 is 9.53 Å². The zero-order chi connectivity index (χ0) is 19.9. The highest BCUT2D eigenvalue weighted by atomic mass is 32.1. The van der Waals surface area contributed by atoms with Crippen molar-refractivity contribution in [3.8, 4) is 0 Å². The minimum absolute atomic E-state index is 0.0275. The topological polar surface area (TPSA) is 96.7 Å². The van der Waals surface area contributed by atoms with Gasteiger partial charge in [0.2, 0.25) is 0 Å². The lowest BCUT2D eigenvalue weighted by atomic mass is 10.1. The van der Waals surface area contributed by atoms with Crippen molar-refractivity contribution in [2.75, 3.05) is 39.3 Å². The van der Waals surface area contributed by atoms with Crippen molar-refractivity contribution in [1.29, 1.82) is 0 Å². The standard InChI is InChI=1S/C18H27N7O2S/c1-4-19-18(21-6-5-20-17(26)16-13(2)22-12-28-16)25-7-8-27-15(11-25)14-9-23-24(3)10-14/h9-10,12,15H,4-8,11H2,1-3H3,(H,19,21)(H,20,26). The molecule has 9 nitrogen and oxygen atoms in total. The molecule has 10 heteroatoms. The Morgan fingerprint density at radius 2 is 2.32 bits per heavy atom. The minimum atomic E-state index is -0.0942. The second-order valence-corrected chi connectivity index (χ2v) is 7.37. The Morgan fingerprint density at radius 3 is 3.00 bits per heavy atom. The molecule has 0 radical (unpaired) electrons. The van der Waals surface area contributed by atoms with Crippen molar-refractivity contribution in [1.82, 2.24) is 30.3 Å². The van der Waals surface area contributed by atoms with Crippen LogP contribution in [0, 0.1) is 6.92 Å². The maximum absolute atomic E-state index is 12.2. The molecule has 1 amide bonds. The van der Waals surface area contributed by atoms with Gasteiger partial charge in [-0.1, -0.05) is 0 Å². The molecule has 28 heavy (non-hydrogen) atoms. The van der Waals surface area contributed by atoms with E-state index in [1.807, 2.05) is 33.3 Å². The van der Waals surface area contributed by atoms with Gasteiger partial charge >= 0.3 is 0 Å². The van der Waals surface area contributed by atoms with Crippen LogP contribution in [0.1, 0.15) is 34.0 Å². The van der Waals surface area contributed by atoms with Crippen LogP contribution >= 0.6 is 11.3 Å². The predicted molar refractivity (Wildman–Crippen MR) is 109 cm³/mol. The largest absolute Gasteiger partial charge is 0.370 e. The van der Waals surface area contributed by atoms with Crippen molar-refractivity contribution in [2.45, 2.75) is 20.0 Å². The van der Waals surface area contributed by atoms with Crippen LogP contribution in [-0.4, -0.2) is 70.9 Å². The predicted octanol–water partition coefficient (Wildman–Crippen LogP) is 0.954. The van der Waals surface area contributed by atoms with Gasteiger partial charge in [-0.15, -0.1) is 11.3 Å². The van der Waals surface area contributed by atoms with Crippen LogP contribution in [0.25, 0.3) is 0 Å². The number of rotatable bonds is 6. The summed E-state index contributed by atoms with van der Waals surface area (Å²) in [4.78, 5) is 23.8. The highest BCUT2D eigenvalue weighted by Gasteiger charge is 2.25. The zero-order valence-corrected chi connectivity index (χ0v) is 17.3. The van der Waals surface area contributed by atoms with E-state index < -0.39 is 0 Å². The number of aryl methyl sites for hydroxylation is 2. The van der Waals surface area contributed by atoms with Crippen LogP contribution in [-0.2, 0) is 11.8 Å². The molecule has 1 aliphatic rings. The zero-order valence-electron chi connectivity index (χ0n) is 16.5. The van der Waals surface area contributed by atoms with E-state index in [4.69, 9.17) is 4.74 Å². The Hall–Kier alpha value is -2.46. The average molecular weight is 406 g/mol. The second-order valence-electron chi connectivity index (χ2n) is 6.51. The highest BCUT2D eigenvalue weighted by Crippen LogP contribution is 2.21. The number of nitrogens with zero attached hydrogens (tertiary/aromatic N) is 5. The fourth-order valence-electron chi connectivity index (χ4n) is 3.01. The molecule has 1 saturated heterocycles. The molecule has 2 aromatic heterocycles. The third kappa shape index (κ3) is 5.08. The third-order valence-electron chi connectivity index (χ3n) is 4.41. The normalized spacial score (nSPS) is 17.6. The van der Waals surface area contributed by atoms with E-state index in [2.05, 4.69) is 30.6 Å². The van der Waals surface area contributed by atoms with Crippen LogP contribution < -0.4 is 10.6 Å². The number of thiazole rings is 1. The lowest BCUT2D eigenvalue weighted by molar-refractivity contribution is -0.00803. The first-order chi connectivity index (χ1) is 13.6. The first-order valence-electron chi connectivity index (χ1n) is 9.40. The van der Waals surface area contributed by atoms with Crippen LogP contribution in [0.4, 0.5) is 0 Å². The second kappa shape index (κ2) is 9.65. The van der Waals surface area contributed by atoms with Crippen LogP contribution in [0.2, 0.25) is 0 Å². The summed E-state index contributed by atoms with van der Waals surface area (Å²) in [6.45, 7) is 7.75. The molecule has 0 spiro atoms. The molecule has 0 bridgehead atoms. The first-order valence-corrected chi connectivity index (χ1v) is 10.3. The number of morpholine rings is 1. The van der Waals surface area contributed by atoms with E-state index in [0.29, 0.717) is 31.1 Å². The summed E-state index contributed by atoms with van der Waals surface area (Å²) in [5.74, 6) is 0.742. The molecule has 2 N–H and O–H groups in total. The van der Waals surface area contributed by atoms with Crippen molar-refractivity contribution in [3.05, 3.63) is 34.0 Å². The van der Waals surface area contributed by atoms with Gasteiger partial charge in [0.25, 0.3) is 5.91 Å². The number of amides is 1. The van der Waals surface area contributed by atoms with Crippen LogP contribution in [0.15, 0.2) is 22.9 Å². The summed E-state index contributed by atoms with van der Waals surface area (Å²) >= 11 is 1.35. The van der Waals surface area contributed by atoms with Gasteiger partial charge in [0.15, 0.2) is 5.96 Å². The maximum Gasteiger partial charge on any atom is 0.263 e. The molecule has 1 unspecified atom stereocenters. The van der Waals surface area contributed by atoms with E-state index in [1.165, 1.54) is 11.3 Å². The number of aliphatic imine (C=N–C) groups is 1. The average Bonchev–Trinajstić information content (AvgIpc) is 3.32. The summed E-state index contributed by atoms with van der Waals surface area (Å²) in [5, 5.41) is 10.5. The molecule has 2 aromatic rings. The van der Waals surface area contributed by atoms with Gasteiger partial charge in [-0.3, -0.25) is 14.5 Å². The Morgan fingerprint density at radius 1 is 1.46 bits per heavy atom. The third-order valence-corrected chi connectivity index (χ3v) is 5.34. The molecule has 1 atom stereocenters. The van der Waals surface area contributed by atoms with Crippen molar-refractivity contribution in [2.24, 2.45) is 12.0 Å².